The first-order valence-corrected chi connectivity index (χ1v) is 12.5. The Hall–Kier alpha value is -2.70. The van der Waals surface area contributed by atoms with Gasteiger partial charge in [0.1, 0.15) is 0 Å². The van der Waals surface area contributed by atoms with Crippen molar-refractivity contribution in [3.05, 3.63) is 69.6 Å². The normalized spacial score (nSPS) is 15.0. The molecule has 4 nitrogen and oxygen atoms in total. The molecule has 0 atom stereocenters. The van der Waals surface area contributed by atoms with Crippen molar-refractivity contribution in [1.82, 2.24) is 4.98 Å². The first kappa shape index (κ1) is 21.2. The predicted molar refractivity (Wildman–Crippen MR) is 134 cm³/mol. The topological polar surface area (TPSA) is 62.2 Å². The fraction of sp³-hybridized carbons (Fsp3) is 0.308. The molecule has 4 aromatic rings. The number of hydrogen-bond donors (Lipinski definition) is 2. The fourth-order valence-electron chi connectivity index (χ4n) is 4.51. The second-order valence-electron chi connectivity index (χ2n) is 9.35. The summed E-state index contributed by atoms with van der Waals surface area (Å²) in [6.45, 7) is 7.15. The van der Waals surface area contributed by atoms with Crippen molar-refractivity contribution in [2.75, 3.05) is 5.32 Å². The molecule has 0 aliphatic heterocycles. The van der Waals surface area contributed by atoms with Gasteiger partial charge >= 0.3 is 5.97 Å². The lowest BCUT2D eigenvalue weighted by Gasteiger charge is -2.29. The lowest BCUT2D eigenvalue weighted by molar-refractivity contribution is 0.0696. The summed E-state index contributed by atoms with van der Waals surface area (Å²) in [6.07, 6.45) is 2.88. The summed E-state index contributed by atoms with van der Waals surface area (Å²) in [6, 6.07) is 14.4. The van der Waals surface area contributed by atoms with Crippen LogP contribution in [0.1, 0.15) is 52.2 Å². The number of aromatic carboxylic acids is 1. The largest absolute Gasteiger partial charge is 0.478 e. The summed E-state index contributed by atoms with van der Waals surface area (Å²) in [7, 11) is 0. The van der Waals surface area contributed by atoms with E-state index in [1.807, 2.05) is 18.2 Å². The second-order valence-corrected chi connectivity index (χ2v) is 11.5. The molecule has 2 aromatic carbocycles. The highest BCUT2D eigenvalue weighted by Crippen LogP contribution is 2.45. The standard InChI is InChI=1S/C26H26N2O2S2/c1-15-8-9-19-21(12-15)32-25(28-19)27-14-16-6-4-5-7-17(16)23-22(24(29)30)18-13-26(2,3)11-10-20(18)31-23/h4-9,12H,10-11,13-14H2,1-3H3,(H,27,28)(H,29,30). The van der Waals surface area contributed by atoms with Crippen molar-refractivity contribution in [2.45, 2.75) is 46.6 Å². The number of carbonyl (C=O) groups is 1. The Morgan fingerprint density at radius 3 is 2.81 bits per heavy atom. The number of hydrogen-bond acceptors (Lipinski definition) is 5. The number of aromatic nitrogens is 1. The molecule has 5 rings (SSSR count). The minimum Gasteiger partial charge on any atom is -0.478 e. The third-order valence-corrected chi connectivity index (χ3v) is 8.53. The second kappa shape index (κ2) is 8.01. The predicted octanol–water partition coefficient (Wildman–Crippen LogP) is 7.16. The number of aryl methyl sites for hydroxylation is 2. The molecule has 6 heteroatoms. The van der Waals surface area contributed by atoms with E-state index in [0.29, 0.717) is 12.1 Å². The minimum absolute atomic E-state index is 0.141. The zero-order valence-corrected chi connectivity index (χ0v) is 20.1. The van der Waals surface area contributed by atoms with E-state index in [2.05, 4.69) is 50.4 Å². The van der Waals surface area contributed by atoms with Gasteiger partial charge in [-0.3, -0.25) is 0 Å². The summed E-state index contributed by atoms with van der Waals surface area (Å²) >= 11 is 3.31. The first-order valence-electron chi connectivity index (χ1n) is 10.9. The zero-order chi connectivity index (χ0) is 22.5. The number of nitrogens with zero attached hydrogens (tertiary/aromatic N) is 1. The van der Waals surface area contributed by atoms with Gasteiger partial charge in [-0.25, -0.2) is 9.78 Å². The number of fused-ring (bicyclic) bond motifs is 2. The molecule has 0 amide bonds. The van der Waals surface area contributed by atoms with Gasteiger partial charge in [-0.05, 0) is 66.0 Å². The van der Waals surface area contributed by atoms with E-state index < -0.39 is 5.97 Å². The number of carboxylic acids is 1. The van der Waals surface area contributed by atoms with E-state index in [-0.39, 0.29) is 5.41 Å². The van der Waals surface area contributed by atoms with Crippen LogP contribution in [-0.4, -0.2) is 16.1 Å². The molecule has 0 radical (unpaired) electrons. The van der Waals surface area contributed by atoms with E-state index in [0.717, 1.165) is 51.5 Å². The van der Waals surface area contributed by atoms with Crippen LogP contribution in [0.5, 0.6) is 0 Å². The molecule has 1 aliphatic rings. The molecule has 0 unspecified atom stereocenters. The Bertz CT molecular complexity index is 1330. The van der Waals surface area contributed by atoms with Crippen LogP contribution in [-0.2, 0) is 19.4 Å². The molecule has 2 aromatic heterocycles. The molecule has 0 saturated carbocycles. The van der Waals surface area contributed by atoms with Crippen LogP contribution in [0.3, 0.4) is 0 Å². The molecule has 0 saturated heterocycles. The van der Waals surface area contributed by atoms with E-state index in [1.165, 1.54) is 15.1 Å². The maximum atomic E-state index is 12.3. The summed E-state index contributed by atoms with van der Waals surface area (Å²) in [5.74, 6) is -0.820. The molecular weight excluding hydrogens is 436 g/mol. The van der Waals surface area contributed by atoms with Gasteiger partial charge in [-0.2, -0.15) is 0 Å². The van der Waals surface area contributed by atoms with Crippen molar-refractivity contribution in [2.24, 2.45) is 5.41 Å². The number of thiazole rings is 1. The third-order valence-electron chi connectivity index (χ3n) is 6.22. The molecule has 2 N–H and O–H groups in total. The first-order chi connectivity index (χ1) is 15.3. The Morgan fingerprint density at radius 2 is 2.00 bits per heavy atom. The van der Waals surface area contributed by atoms with Gasteiger partial charge in [0.15, 0.2) is 5.13 Å². The summed E-state index contributed by atoms with van der Waals surface area (Å²) < 4.78 is 1.17. The van der Waals surface area contributed by atoms with E-state index in [9.17, 15) is 9.90 Å². The van der Waals surface area contributed by atoms with Crippen LogP contribution < -0.4 is 5.32 Å². The maximum Gasteiger partial charge on any atom is 0.337 e. The highest BCUT2D eigenvalue weighted by molar-refractivity contribution is 7.22. The molecule has 32 heavy (non-hydrogen) atoms. The quantitative estimate of drug-likeness (QED) is 0.330. The Labute approximate surface area is 196 Å². The third kappa shape index (κ3) is 3.93. The highest BCUT2D eigenvalue weighted by Gasteiger charge is 2.33. The SMILES string of the molecule is Cc1ccc2nc(NCc3ccccc3-c3sc4c(c3C(=O)O)CC(C)(C)CC4)sc2c1. The van der Waals surface area contributed by atoms with Crippen LogP contribution in [0.4, 0.5) is 5.13 Å². The lowest BCUT2D eigenvalue weighted by Crippen LogP contribution is -2.22. The van der Waals surface area contributed by atoms with Crippen molar-refractivity contribution in [1.29, 1.82) is 0 Å². The van der Waals surface area contributed by atoms with Gasteiger partial charge in [0.2, 0.25) is 0 Å². The molecule has 2 heterocycles. The van der Waals surface area contributed by atoms with Crippen molar-refractivity contribution in [3.8, 4) is 10.4 Å². The number of carboxylic acid groups (broad SMARTS) is 1. The fourth-order valence-corrected chi connectivity index (χ4v) is 6.84. The smallest absolute Gasteiger partial charge is 0.337 e. The lowest BCUT2D eigenvalue weighted by atomic mass is 9.76. The number of rotatable bonds is 5. The minimum atomic E-state index is -0.820. The van der Waals surface area contributed by atoms with Gasteiger partial charge in [-0.15, -0.1) is 11.3 Å². The molecule has 0 fully saturated rings. The van der Waals surface area contributed by atoms with Crippen LogP contribution in [0.2, 0.25) is 0 Å². The zero-order valence-electron chi connectivity index (χ0n) is 18.5. The molecule has 164 valence electrons. The number of nitrogens with one attached hydrogen (secondary N) is 1. The van der Waals surface area contributed by atoms with Crippen LogP contribution in [0, 0.1) is 12.3 Å². The number of anilines is 1. The summed E-state index contributed by atoms with van der Waals surface area (Å²) in [4.78, 5) is 19.2. The highest BCUT2D eigenvalue weighted by atomic mass is 32.1. The van der Waals surface area contributed by atoms with Crippen molar-refractivity contribution in [3.63, 3.8) is 0 Å². The monoisotopic (exact) mass is 462 g/mol. The van der Waals surface area contributed by atoms with Gasteiger partial charge in [0.05, 0.1) is 15.8 Å². The van der Waals surface area contributed by atoms with Gasteiger partial charge in [-0.1, -0.05) is 55.5 Å². The van der Waals surface area contributed by atoms with E-state index >= 15 is 0 Å². The molecule has 0 bridgehead atoms. The maximum absolute atomic E-state index is 12.3. The summed E-state index contributed by atoms with van der Waals surface area (Å²) in [5.41, 5.74) is 6.00. The van der Waals surface area contributed by atoms with Gasteiger partial charge in [0.25, 0.3) is 0 Å². The number of benzene rings is 2. The van der Waals surface area contributed by atoms with Crippen molar-refractivity contribution >= 4 is 44.0 Å². The molecular formula is C26H26N2O2S2. The van der Waals surface area contributed by atoms with Gasteiger partial charge in [0, 0.05) is 16.3 Å². The average molecular weight is 463 g/mol. The van der Waals surface area contributed by atoms with Gasteiger partial charge < -0.3 is 10.4 Å². The van der Waals surface area contributed by atoms with E-state index in [1.54, 1.807) is 22.7 Å². The van der Waals surface area contributed by atoms with Crippen LogP contribution >= 0.6 is 22.7 Å². The Kier molecular flexibility index (Phi) is 5.30. The van der Waals surface area contributed by atoms with Crippen molar-refractivity contribution < 1.29 is 9.90 Å². The van der Waals surface area contributed by atoms with Crippen LogP contribution in [0.25, 0.3) is 20.7 Å². The molecule has 0 spiro atoms. The van der Waals surface area contributed by atoms with E-state index in [4.69, 9.17) is 4.98 Å². The average Bonchev–Trinajstić information content (AvgIpc) is 3.31. The Balaban J connectivity index is 1.49. The molecule has 1 aliphatic carbocycles. The summed E-state index contributed by atoms with van der Waals surface area (Å²) in [5, 5.41) is 14.5. The Morgan fingerprint density at radius 1 is 1.19 bits per heavy atom. The van der Waals surface area contributed by atoms with Crippen LogP contribution in [0.15, 0.2) is 42.5 Å². The number of thiophene rings is 1.